The molecule has 0 aliphatic heterocycles. The van der Waals surface area contributed by atoms with Gasteiger partial charge < -0.3 is 0 Å². The monoisotopic (exact) mass is 330 g/mol. The summed E-state index contributed by atoms with van der Waals surface area (Å²) < 4.78 is 30.4. The van der Waals surface area contributed by atoms with Crippen molar-refractivity contribution < 1.29 is 12.6 Å². The average molecular weight is 330 g/mol. The first-order valence-electron chi connectivity index (χ1n) is 8.04. The highest BCUT2D eigenvalue weighted by Crippen LogP contribution is 2.41. The van der Waals surface area contributed by atoms with E-state index in [-0.39, 0.29) is 16.9 Å². The van der Waals surface area contributed by atoms with Gasteiger partial charge in [0, 0.05) is 5.41 Å². The molecule has 0 spiro atoms. The molecule has 0 saturated heterocycles. The van der Waals surface area contributed by atoms with Gasteiger partial charge in [0.2, 0.25) is 0 Å². The van der Waals surface area contributed by atoms with Crippen LogP contribution in [0, 0.1) is 6.92 Å². The second kappa shape index (κ2) is 6.46. The van der Waals surface area contributed by atoms with E-state index in [4.69, 9.17) is 4.18 Å². The Bertz CT molecular complexity index is 743. The predicted molar refractivity (Wildman–Crippen MR) is 90.9 cm³/mol. The molecule has 23 heavy (non-hydrogen) atoms. The quantitative estimate of drug-likeness (QED) is 0.771. The van der Waals surface area contributed by atoms with E-state index in [9.17, 15) is 8.42 Å². The maximum atomic E-state index is 12.5. The van der Waals surface area contributed by atoms with Crippen LogP contribution in [-0.2, 0) is 19.7 Å². The number of benzene rings is 2. The van der Waals surface area contributed by atoms with Crippen molar-refractivity contribution in [2.45, 2.75) is 42.9 Å². The minimum atomic E-state index is -3.71. The third kappa shape index (κ3) is 3.48. The zero-order valence-electron chi connectivity index (χ0n) is 13.4. The fourth-order valence-corrected chi connectivity index (χ4v) is 4.31. The molecule has 0 radical (unpaired) electrons. The molecule has 0 heterocycles. The minimum absolute atomic E-state index is 0.182. The van der Waals surface area contributed by atoms with Crippen molar-refractivity contribution in [3.8, 4) is 0 Å². The summed E-state index contributed by atoms with van der Waals surface area (Å²) in [5, 5.41) is 0. The van der Waals surface area contributed by atoms with Gasteiger partial charge in [-0.25, -0.2) is 0 Å². The van der Waals surface area contributed by atoms with Crippen LogP contribution in [0.4, 0.5) is 0 Å². The van der Waals surface area contributed by atoms with E-state index in [1.165, 1.54) is 5.56 Å². The molecular weight excluding hydrogens is 308 g/mol. The second-order valence-corrected chi connectivity index (χ2v) is 8.00. The largest absolute Gasteiger partial charge is 0.297 e. The van der Waals surface area contributed by atoms with Crippen LogP contribution in [0.2, 0.25) is 0 Å². The molecule has 0 unspecified atom stereocenters. The summed E-state index contributed by atoms with van der Waals surface area (Å²) in [6, 6.07) is 16.9. The molecule has 0 aromatic heterocycles. The van der Waals surface area contributed by atoms with Crippen LogP contribution in [-0.4, -0.2) is 15.0 Å². The van der Waals surface area contributed by atoms with Crippen LogP contribution in [0.3, 0.4) is 0 Å². The Hall–Kier alpha value is -1.65. The molecule has 1 aliphatic rings. The van der Waals surface area contributed by atoms with Crippen molar-refractivity contribution in [3.05, 3.63) is 65.7 Å². The highest BCUT2D eigenvalue weighted by Gasteiger charge is 2.37. The Labute approximate surface area is 138 Å². The fourth-order valence-electron chi connectivity index (χ4n) is 3.32. The third-order valence-corrected chi connectivity index (χ3v) is 6.02. The van der Waals surface area contributed by atoms with Gasteiger partial charge in [-0.15, -0.1) is 0 Å². The molecule has 2 aromatic carbocycles. The molecule has 0 N–H and O–H groups in total. The molecule has 3 rings (SSSR count). The number of hydrogen-bond donors (Lipinski definition) is 0. The van der Waals surface area contributed by atoms with Gasteiger partial charge in [-0.1, -0.05) is 60.9 Å². The fraction of sp³-hybridized carbons (Fsp3) is 0.368. The van der Waals surface area contributed by atoms with E-state index in [1.54, 1.807) is 24.3 Å². The van der Waals surface area contributed by atoms with Gasteiger partial charge in [-0.3, -0.25) is 4.18 Å². The van der Waals surface area contributed by atoms with E-state index in [2.05, 4.69) is 12.1 Å². The molecule has 0 amide bonds. The molecular formula is C19H22O3S. The Balaban J connectivity index is 1.81. The van der Waals surface area contributed by atoms with Gasteiger partial charge >= 0.3 is 0 Å². The number of aryl methyl sites for hydroxylation is 1. The molecule has 0 bridgehead atoms. The Kier molecular flexibility index (Phi) is 4.55. The Morgan fingerprint density at radius 2 is 1.57 bits per heavy atom. The lowest BCUT2D eigenvalue weighted by Gasteiger charge is -2.29. The first-order chi connectivity index (χ1) is 11.0. The van der Waals surface area contributed by atoms with Gasteiger partial charge in [0.1, 0.15) is 0 Å². The predicted octanol–water partition coefficient (Wildman–Crippen LogP) is 4.21. The lowest BCUT2D eigenvalue weighted by atomic mass is 9.80. The van der Waals surface area contributed by atoms with E-state index < -0.39 is 10.1 Å². The third-order valence-electron chi connectivity index (χ3n) is 4.75. The molecule has 0 atom stereocenters. The van der Waals surface area contributed by atoms with E-state index in [0.29, 0.717) is 0 Å². The van der Waals surface area contributed by atoms with Crippen LogP contribution >= 0.6 is 0 Å². The van der Waals surface area contributed by atoms with Crippen molar-refractivity contribution in [3.63, 3.8) is 0 Å². The first kappa shape index (κ1) is 16.2. The molecule has 3 nitrogen and oxygen atoms in total. The smallest absolute Gasteiger partial charge is 0.265 e. The SMILES string of the molecule is Cc1ccc(S(=O)(=O)OCC2(c3ccccc3)CCCC2)cc1. The summed E-state index contributed by atoms with van der Waals surface area (Å²) in [4.78, 5) is 0.226. The van der Waals surface area contributed by atoms with Gasteiger partial charge in [-0.05, 0) is 37.5 Å². The molecule has 1 fully saturated rings. The Morgan fingerprint density at radius 1 is 0.957 bits per heavy atom. The second-order valence-electron chi connectivity index (χ2n) is 6.38. The van der Waals surface area contributed by atoms with Gasteiger partial charge in [-0.2, -0.15) is 8.42 Å². The molecule has 122 valence electrons. The summed E-state index contributed by atoms with van der Waals surface area (Å²) in [6.07, 6.45) is 4.17. The normalized spacial score (nSPS) is 17.3. The lowest BCUT2D eigenvalue weighted by Crippen LogP contribution is -2.30. The summed E-state index contributed by atoms with van der Waals surface area (Å²) in [7, 11) is -3.71. The molecule has 1 saturated carbocycles. The highest BCUT2D eigenvalue weighted by atomic mass is 32.2. The molecule has 4 heteroatoms. The lowest BCUT2D eigenvalue weighted by molar-refractivity contribution is 0.222. The number of rotatable bonds is 5. The van der Waals surface area contributed by atoms with Crippen molar-refractivity contribution in [2.75, 3.05) is 6.61 Å². The van der Waals surface area contributed by atoms with Gasteiger partial charge in [0.15, 0.2) is 0 Å². The first-order valence-corrected chi connectivity index (χ1v) is 9.44. The summed E-state index contributed by atoms with van der Waals surface area (Å²) in [6.45, 7) is 2.15. The van der Waals surface area contributed by atoms with Crippen LogP contribution in [0.15, 0.2) is 59.5 Å². The highest BCUT2D eigenvalue weighted by molar-refractivity contribution is 7.86. The van der Waals surface area contributed by atoms with Crippen molar-refractivity contribution in [2.24, 2.45) is 0 Å². The van der Waals surface area contributed by atoms with Gasteiger partial charge in [0.25, 0.3) is 10.1 Å². The van der Waals surface area contributed by atoms with E-state index in [1.807, 2.05) is 25.1 Å². The van der Waals surface area contributed by atoms with E-state index in [0.717, 1.165) is 31.2 Å². The standard InChI is InChI=1S/C19H22O3S/c1-16-9-11-18(12-10-16)23(20,21)22-15-19(13-5-6-14-19)17-7-3-2-4-8-17/h2-4,7-12H,5-6,13-15H2,1H3. The van der Waals surface area contributed by atoms with Crippen LogP contribution in [0.1, 0.15) is 36.8 Å². The molecule has 2 aromatic rings. The number of hydrogen-bond acceptors (Lipinski definition) is 3. The summed E-state index contributed by atoms with van der Waals surface area (Å²) >= 11 is 0. The van der Waals surface area contributed by atoms with Gasteiger partial charge in [0.05, 0.1) is 11.5 Å². The summed E-state index contributed by atoms with van der Waals surface area (Å²) in [5.74, 6) is 0. The topological polar surface area (TPSA) is 43.4 Å². The van der Waals surface area contributed by atoms with Crippen LogP contribution < -0.4 is 0 Å². The Morgan fingerprint density at radius 3 is 2.17 bits per heavy atom. The summed E-state index contributed by atoms with van der Waals surface area (Å²) in [5.41, 5.74) is 2.02. The van der Waals surface area contributed by atoms with Crippen LogP contribution in [0.5, 0.6) is 0 Å². The van der Waals surface area contributed by atoms with Crippen molar-refractivity contribution in [1.82, 2.24) is 0 Å². The van der Waals surface area contributed by atoms with Crippen LogP contribution in [0.25, 0.3) is 0 Å². The average Bonchev–Trinajstić information content (AvgIpc) is 3.05. The maximum Gasteiger partial charge on any atom is 0.297 e. The zero-order valence-corrected chi connectivity index (χ0v) is 14.2. The zero-order chi connectivity index (χ0) is 16.3. The van der Waals surface area contributed by atoms with Crippen molar-refractivity contribution >= 4 is 10.1 Å². The maximum absolute atomic E-state index is 12.5. The minimum Gasteiger partial charge on any atom is -0.265 e. The molecule has 1 aliphatic carbocycles. The van der Waals surface area contributed by atoms with E-state index >= 15 is 0 Å². The van der Waals surface area contributed by atoms with Crippen molar-refractivity contribution in [1.29, 1.82) is 0 Å².